The second kappa shape index (κ2) is 8.24. The number of aromatic nitrogens is 1. The number of hydrogen-bond acceptors (Lipinski definition) is 6. The van der Waals surface area contributed by atoms with Crippen LogP contribution in [0.5, 0.6) is 5.75 Å². The fourth-order valence-electron chi connectivity index (χ4n) is 3.49. The Morgan fingerprint density at radius 2 is 2.04 bits per heavy atom. The van der Waals surface area contributed by atoms with Gasteiger partial charge in [-0.1, -0.05) is 18.2 Å². The molecule has 0 bridgehead atoms. The monoisotopic (exact) mass is 412 g/mol. The number of Topliss-reactive ketones (excluding diaryl/α,β-unsaturated/α-hetero) is 1. The Labute approximate surface area is 171 Å². The third kappa shape index (κ3) is 3.72. The zero-order valence-electron chi connectivity index (χ0n) is 15.5. The zero-order valence-corrected chi connectivity index (χ0v) is 17.1. The van der Waals surface area contributed by atoms with Gasteiger partial charge in [-0.25, -0.2) is 4.98 Å². The minimum Gasteiger partial charge on any atom is -0.496 e. The first-order chi connectivity index (χ1) is 13.7. The summed E-state index contributed by atoms with van der Waals surface area (Å²) in [5.41, 5.74) is 1.04. The third-order valence-electron chi connectivity index (χ3n) is 4.91. The van der Waals surface area contributed by atoms with Gasteiger partial charge in [0.15, 0.2) is 5.78 Å². The van der Waals surface area contributed by atoms with Crippen LogP contribution in [0.2, 0.25) is 0 Å². The van der Waals surface area contributed by atoms with Crippen LogP contribution in [0.1, 0.15) is 33.7 Å². The fourth-order valence-corrected chi connectivity index (χ4v) is 5.10. The average Bonchev–Trinajstić information content (AvgIpc) is 3.44. The Hall–Kier alpha value is -2.51. The molecule has 0 saturated carbocycles. The number of thiophene rings is 1. The van der Waals surface area contributed by atoms with Crippen LogP contribution < -0.4 is 4.74 Å². The number of carbonyl (C=O) groups is 2. The predicted octanol–water partition coefficient (Wildman–Crippen LogP) is 4.62. The molecule has 0 radical (unpaired) electrons. The summed E-state index contributed by atoms with van der Waals surface area (Å²) in [6.07, 6.45) is 1.58. The van der Waals surface area contributed by atoms with Crippen LogP contribution >= 0.6 is 22.7 Å². The van der Waals surface area contributed by atoms with Crippen LogP contribution in [0.25, 0.3) is 9.88 Å². The molecule has 0 N–H and O–H groups in total. The number of nitrogens with zero attached hydrogens (tertiary/aromatic N) is 2. The van der Waals surface area contributed by atoms with E-state index in [1.807, 2.05) is 35.0 Å². The number of likely N-dealkylation sites (tertiary alicyclic amines) is 1. The number of ether oxygens (including phenoxy) is 1. The summed E-state index contributed by atoms with van der Waals surface area (Å²) >= 11 is 3.09. The highest BCUT2D eigenvalue weighted by Gasteiger charge is 2.31. The summed E-state index contributed by atoms with van der Waals surface area (Å²) in [7, 11) is 1.57. The molecule has 3 aromatic rings. The Kier molecular flexibility index (Phi) is 5.54. The van der Waals surface area contributed by atoms with Gasteiger partial charge in [0.2, 0.25) is 0 Å². The molecule has 1 fully saturated rings. The molecule has 0 unspecified atom stereocenters. The van der Waals surface area contributed by atoms with Gasteiger partial charge in [-0.15, -0.1) is 22.7 Å². The molecule has 1 aliphatic heterocycles. The van der Waals surface area contributed by atoms with E-state index in [-0.39, 0.29) is 17.6 Å². The molecule has 1 aromatic carbocycles. The lowest BCUT2D eigenvalue weighted by atomic mass is 9.89. The number of rotatable bonds is 5. The lowest BCUT2D eigenvalue weighted by Gasteiger charge is -2.31. The molecule has 4 rings (SSSR count). The largest absolute Gasteiger partial charge is 0.496 e. The normalized spacial score (nSPS) is 16.8. The summed E-state index contributed by atoms with van der Waals surface area (Å²) in [5, 5.41) is 4.66. The van der Waals surface area contributed by atoms with Gasteiger partial charge in [0.1, 0.15) is 16.5 Å². The van der Waals surface area contributed by atoms with Crippen LogP contribution in [0, 0.1) is 5.92 Å². The molecule has 7 heteroatoms. The first kappa shape index (κ1) is 18.8. The maximum Gasteiger partial charge on any atom is 0.273 e. The lowest BCUT2D eigenvalue weighted by molar-refractivity contribution is 0.0632. The third-order valence-corrected chi connectivity index (χ3v) is 6.79. The van der Waals surface area contributed by atoms with E-state index in [4.69, 9.17) is 4.74 Å². The molecular formula is C21H20N2O3S2. The molecule has 2 aromatic heterocycles. The molecule has 1 saturated heterocycles. The van der Waals surface area contributed by atoms with Gasteiger partial charge in [0.05, 0.1) is 17.6 Å². The van der Waals surface area contributed by atoms with E-state index in [0.29, 0.717) is 30.1 Å². The molecule has 0 aliphatic carbocycles. The number of thiazole rings is 1. The van der Waals surface area contributed by atoms with E-state index in [1.54, 1.807) is 35.5 Å². The summed E-state index contributed by atoms with van der Waals surface area (Å²) in [5.74, 6) is 0.296. The van der Waals surface area contributed by atoms with Crippen molar-refractivity contribution < 1.29 is 14.3 Å². The van der Waals surface area contributed by atoms with Crippen LogP contribution in [-0.4, -0.2) is 41.8 Å². The van der Waals surface area contributed by atoms with Gasteiger partial charge in [-0.3, -0.25) is 9.59 Å². The topological polar surface area (TPSA) is 59.5 Å². The number of ketones is 1. The van der Waals surface area contributed by atoms with E-state index in [2.05, 4.69) is 4.98 Å². The smallest absolute Gasteiger partial charge is 0.273 e. The maximum atomic E-state index is 13.0. The number of piperidine rings is 1. The van der Waals surface area contributed by atoms with Crippen LogP contribution in [0.15, 0.2) is 47.2 Å². The molecule has 1 aliphatic rings. The fraction of sp³-hybridized carbons (Fsp3) is 0.286. The first-order valence-electron chi connectivity index (χ1n) is 9.13. The van der Waals surface area contributed by atoms with E-state index in [9.17, 15) is 9.59 Å². The Morgan fingerprint density at radius 1 is 1.18 bits per heavy atom. The second-order valence-electron chi connectivity index (χ2n) is 6.67. The summed E-state index contributed by atoms with van der Waals surface area (Å²) < 4.78 is 5.33. The van der Waals surface area contributed by atoms with E-state index in [1.165, 1.54) is 11.3 Å². The number of methoxy groups -OCH3 is 1. The Morgan fingerprint density at radius 3 is 2.82 bits per heavy atom. The SMILES string of the molecule is COc1ccccc1C(=O)[C@H]1CCCN(C(=O)c2csc(-c3cccs3)n2)C1. The first-order valence-corrected chi connectivity index (χ1v) is 10.9. The van der Waals surface area contributed by atoms with Crippen molar-refractivity contribution in [1.82, 2.24) is 9.88 Å². The number of hydrogen-bond donors (Lipinski definition) is 0. The molecule has 144 valence electrons. The van der Waals surface area contributed by atoms with Crippen molar-refractivity contribution in [2.24, 2.45) is 5.92 Å². The van der Waals surface area contributed by atoms with Gasteiger partial charge in [0, 0.05) is 24.4 Å². The van der Waals surface area contributed by atoms with E-state index in [0.717, 1.165) is 22.7 Å². The number of para-hydroxylation sites is 1. The summed E-state index contributed by atoms with van der Waals surface area (Å²) in [6.45, 7) is 1.07. The molecule has 1 atom stereocenters. The number of benzene rings is 1. The van der Waals surface area contributed by atoms with Crippen LogP contribution in [0.3, 0.4) is 0 Å². The summed E-state index contributed by atoms with van der Waals surface area (Å²) in [4.78, 5) is 33.3. The highest BCUT2D eigenvalue weighted by molar-refractivity contribution is 7.20. The minimum absolute atomic E-state index is 0.0347. The number of carbonyl (C=O) groups excluding carboxylic acids is 2. The van der Waals surface area contributed by atoms with Crippen molar-refractivity contribution in [2.45, 2.75) is 12.8 Å². The molecule has 28 heavy (non-hydrogen) atoms. The number of amides is 1. The molecular weight excluding hydrogens is 392 g/mol. The molecule has 3 heterocycles. The van der Waals surface area contributed by atoms with E-state index < -0.39 is 0 Å². The van der Waals surface area contributed by atoms with Crippen molar-refractivity contribution in [3.63, 3.8) is 0 Å². The standard InChI is InChI=1S/C21H20N2O3S2/c1-26-17-8-3-2-7-15(17)19(24)14-6-4-10-23(12-14)21(25)16-13-28-20(22-16)18-9-5-11-27-18/h2-3,5,7-9,11,13-14H,4,6,10,12H2,1H3/t14-/m0/s1. The van der Waals surface area contributed by atoms with Crippen molar-refractivity contribution in [3.05, 3.63) is 58.4 Å². The van der Waals surface area contributed by atoms with Crippen molar-refractivity contribution in [1.29, 1.82) is 0 Å². The van der Waals surface area contributed by atoms with Crippen molar-refractivity contribution in [3.8, 4) is 15.6 Å². The maximum absolute atomic E-state index is 13.0. The van der Waals surface area contributed by atoms with Crippen molar-refractivity contribution in [2.75, 3.05) is 20.2 Å². The predicted molar refractivity (Wildman–Crippen MR) is 111 cm³/mol. The average molecular weight is 413 g/mol. The highest BCUT2D eigenvalue weighted by Crippen LogP contribution is 2.30. The van der Waals surface area contributed by atoms with Gasteiger partial charge in [0.25, 0.3) is 5.91 Å². The van der Waals surface area contributed by atoms with Gasteiger partial charge >= 0.3 is 0 Å². The second-order valence-corrected chi connectivity index (χ2v) is 8.48. The van der Waals surface area contributed by atoms with Gasteiger partial charge < -0.3 is 9.64 Å². The van der Waals surface area contributed by atoms with Crippen molar-refractivity contribution >= 4 is 34.4 Å². The van der Waals surface area contributed by atoms with Gasteiger partial charge in [-0.2, -0.15) is 0 Å². The highest BCUT2D eigenvalue weighted by atomic mass is 32.1. The quantitative estimate of drug-likeness (QED) is 0.574. The molecule has 0 spiro atoms. The van der Waals surface area contributed by atoms with Crippen LogP contribution in [0.4, 0.5) is 0 Å². The molecule has 1 amide bonds. The minimum atomic E-state index is -0.218. The van der Waals surface area contributed by atoms with E-state index >= 15 is 0 Å². The summed E-state index contributed by atoms with van der Waals surface area (Å²) in [6, 6.07) is 11.2. The van der Waals surface area contributed by atoms with Gasteiger partial charge in [-0.05, 0) is 36.4 Å². The molecule has 5 nitrogen and oxygen atoms in total. The zero-order chi connectivity index (χ0) is 19.5. The lowest BCUT2D eigenvalue weighted by Crippen LogP contribution is -2.42. The van der Waals surface area contributed by atoms with Crippen LogP contribution in [-0.2, 0) is 0 Å². The Balaban J connectivity index is 1.49. The Bertz CT molecular complexity index is 981.